The van der Waals surface area contributed by atoms with Gasteiger partial charge in [-0.25, -0.2) is 9.07 Å². The average Bonchev–Trinajstić information content (AvgIpc) is 2.79. The highest BCUT2D eigenvalue weighted by Crippen LogP contribution is 2.17. The molecule has 0 spiro atoms. The maximum Gasteiger partial charge on any atom is 0.257 e. The van der Waals surface area contributed by atoms with Gasteiger partial charge in [0.2, 0.25) is 5.91 Å². The third-order valence-electron chi connectivity index (χ3n) is 3.06. The van der Waals surface area contributed by atoms with Crippen LogP contribution in [-0.2, 0) is 4.79 Å². The number of hydrogen-bond donors (Lipinski definition) is 1. The summed E-state index contributed by atoms with van der Waals surface area (Å²) in [5, 5.41) is 4.04. The molecule has 0 saturated carbocycles. The number of amides is 2. The van der Waals surface area contributed by atoms with E-state index in [0.717, 1.165) is 0 Å². The Morgan fingerprint density at radius 3 is 2.67 bits per heavy atom. The monoisotopic (exact) mass is 290 g/mol. The fraction of sp³-hybridized carbons (Fsp3) is 0.214. The third kappa shape index (κ3) is 2.91. The first-order valence-electron chi connectivity index (χ1n) is 6.25. The Labute approximate surface area is 121 Å². The molecule has 2 rings (SSSR count). The summed E-state index contributed by atoms with van der Waals surface area (Å²) in [5.74, 6) is -1.44. The van der Waals surface area contributed by atoms with Crippen LogP contribution in [0.25, 0.3) is 5.69 Å². The lowest BCUT2D eigenvalue weighted by molar-refractivity contribution is -0.118. The normalized spacial score (nSPS) is 10.4. The zero-order chi connectivity index (χ0) is 15.6. The van der Waals surface area contributed by atoms with E-state index < -0.39 is 17.6 Å². The second-order valence-electron chi connectivity index (χ2n) is 4.63. The quantitative estimate of drug-likeness (QED) is 0.907. The van der Waals surface area contributed by atoms with Crippen molar-refractivity contribution in [3.05, 3.63) is 47.5 Å². The Bertz CT molecular complexity index is 696. The van der Waals surface area contributed by atoms with Crippen molar-refractivity contribution >= 4 is 11.8 Å². The zero-order valence-electron chi connectivity index (χ0n) is 11.7. The van der Waals surface area contributed by atoms with Gasteiger partial charge in [0.15, 0.2) is 0 Å². The maximum absolute atomic E-state index is 13.8. The predicted octanol–water partition coefficient (Wildman–Crippen LogP) is 0.877. The fourth-order valence-electron chi connectivity index (χ4n) is 2.00. The largest absolute Gasteiger partial charge is 0.368 e. The summed E-state index contributed by atoms with van der Waals surface area (Å²) >= 11 is 0. The van der Waals surface area contributed by atoms with Crippen LogP contribution >= 0.6 is 0 Å². The Morgan fingerprint density at radius 2 is 2.05 bits per heavy atom. The van der Waals surface area contributed by atoms with Gasteiger partial charge in [0.05, 0.1) is 24.0 Å². The molecule has 21 heavy (non-hydrogen) atoms. The topological polar surface area (TPSA) is 81.2 Å². The highest BCUT2D eigenvalue weighted by molar-refractivity contribution is 5.97. The standard InChI is InChI=1S/C14H15FN4O2/c1-9-10(14(21)18(2)8-13(16)20)7-17-19(9)12-6-4-3-5-11(12)15/h3-7H,8H2,1-2H3,(H2,16,20). The predicted molar refractivity (Wildman–Crippen MR) is 74.4 cm³/mol. The number of aromatic nitrogens is 2. The van der Waals surface area contributed by atoms with Gasteiger partial charge in [0, 0.05) is 7.05 Å². The van der Waals surface area contributed by atoms with Gasteiger partial charge >= 0.3 is 0 Å². The van der Waals surface area contributed by atoms with Crippen LogP contribution in [0.3, 0.4) is 0 Å². The summed E-state index contributed by atoms with van der Waals surface area (Å²) in [7, 11) is 1.47. The van der Waals surface area contributed by atoms with E-state index in [4.69, 9.17) is 5.73 Å². The van der Waals surface area contributed by atoms with Crippen molar-refractivity contribution in [2.45, 2.75) is 6.92 Å². The minimum Gasteiger partial charge on any atom is -0.368 e. The molecule has 2 N–H and O–H groups in total. The highest BCUT2D eigenvalue weighted by atomic mass is 19.1. The molecule has 0 aliphatic heterocycles. The van der Waals surface area contributed by atoms with Crippen LogP contribution in [-0.4, -0.2) is 40.1 Å². The van der Waals surface area contributed by atoms with E-state index >= 15 is 0 Å². The first-order chi connectivity index (χ1) is 9.91. The van der Waals surface area contributed by atoms with Gasteiger partial charge in [0.1, 0.15) is 11.5 Å². The van der Waals surface area contributed by atoms with Crippen molar-refractivity contribution in [2.75, 3.05) is 13.6 Å². The number of likely N-dealkylation sites (N-methyl/N-ethyl adjacent to an activating group) is 1. The van der Waals surface area contributed by atoms with Crippen molar-refractivity contribution in [3.8, 4) is 5.69 Å². The second kappa shape index (κ2) is 5.74. The lowest BCUT2D eigenvalue weighted by Gasteiger charge is -2.14. The smallest absolute Gasteiger partial charge is 0.257 e. The van der Waals surface area contributed by atoms with Gasteiger partial charge in [-0.05, 0) is 19.1 Å². The first-order valence-corrected chi connectivity index (χ1v) is 6.25. The zero-order valence-corrected chi connectivity index (χ0v) is 11.7. The second-order valence-corrected chi connectivity index (χ2v) is 4.63. The molecular formula is C14H15FN4O2. The Kier molecular flexibility index (Phi) is 4.02. The lowest BCUT2D eigenvalue weighted by Crippen LogP contribution is -2.35. The highest BCUT2D eigenvalue weighted by Gasteiger charge is 2.20. The number of halogens is 1. The molecule has 0 radical (unpaired) electrons. The fourth-order valence-corrected chi connectivity index (χ4v) is 2.00. The number of carbonyl (C=O) groups excluding carboxylic acids is 2. The molecule has 0 aliphatic rings. The number of nitrogens with two attached hydrogens (primary N) is 1. The van der Waals surface area contributed by atoms with Crippen LogP contribution in [0.2, 0.25) is 0 Å². The van der Waals surface area contributed by atoms with E-state index in [0.29, 0.717) is 11.3 Å². The molecule has 110 valence electrons. The molecule has 2 amide bonds. The SMILES string of the molecule is Cc1c(C(=O)N(C)CC(N)=O)cnn1-c1ccccc1F. The molecule has 0 aliphatic carbocycles. The molecule has 0 fully saturated rings. The Morgan fingerprint density at radius 1 is 1.38 bits per heavy atom. The molecule has 6 nitrogen and oxygen atoms in total. The minimum absolute atomic E-state index is 0.191. The van der Waals surface area contributed by atoms with Gasteiger partial charge in [-0.3, -0.25) is 9.59 Å². The number of primary amides is 1. The van der Waals surface area contributed by atoms with Gasteiger partial charge in [0.25, 0.3) is 5.91 Å². The number of rotatable bonds is 4. The van der Waals surface area contributed by atoms with E-state index in [2.05, 4.69) is 5.10 Å². The van der Waals surface area contributed by atoms with Gasteiger partial charge < -0.3 is 10.6 Å². The molecule has 0 bridgehead atoms. The number of carbonyl (C=O) groups is 2. The lowest BCUT2D eigenvalue weighted by atomic mass is 10.2. The first kappa shape index (κ1) is 14.7. The number of nitrogens with zero attached hydrogens (tertiary/aromatic N) is 3. The molecule has 0 atom stereocenters. The molecule has 0 unspecified atom stereocenters. The average molecular weight is 290 g/mol. The minimum atomic E-state index is -0.606. The molecule has 7 heteroatoms. The van der Waals surface area contributed by atoms with Gasteiger partial charge in [-0.2, -0.15) is 5.10 Å². The maximum atomic E-state index is 13.8. The molecule has 1 aromatic heterocycles. The van der Waals surface area contributed by atoms with Crippen LogP contribution in [0.15, 0.2) is 30.5 Å². The van der Waals surface area contributed by atoms with Crippen LogP contribution in [0.4, 0.5) is 4.39 Å². The van der Waals surface area contributed by atoms with Crippen molar-refractivity contribution in [1.82, 2.24) is 14.7 Å². The summed E-state index contributed by atoms with van der Waals surface area (Å²) in [4.78, 5) is 24.3. The summed E-state index contributed by atoms with van der Waals surface area (Å²) < 4.78 is 15.1. The van der Waals surface area contributed by atoms with Crippen LogP contribution in [0.1, 0.15) is 16.1 Å². The van der Waals surface area contributed by atoms with E-state index in [-0.39, 0.29) is 12.2 Å². The molecule has 2 aromatic rings. The molecule has 0 saturated heterocycles. The summed E-state index contributed by atoms with van der Waals surface area (Å²) in [5.41, 5.74) is 6.10. The molecule has 1 heterocycles. The molecular weight excluding hydrogens is 275 g/mol. The van der Waals surface area contributed by atoms with Crippen LogP contribution in [0.5, 0.6) is 0 Å². The van der Waals surface area contributed by atoms with Gasteiger partial charge in [-0.15, -0.1) is 0 Å². The van der Waals surface area contributed by atoms with Crippen molar-refractivity contribution in [2.24, 2.45) is 5.73 Å². The van der Waals surface area contributed by atoms with E-state index in [1.807, 2.05) is 0 Å². The number of para-hydroxylation sites is 1. The third-order valence-corrected chi connectivity index (χ3v) is 3.06. The Hall–Kier alpha value is -2.70. The van der Waals surface area contributed by atoms with E-state index in [9.17, 15) is 14.0 Å². The van der Waals surface area contributed by atoms with Crippen molar-refractivity contribution in [3.63, 3.8) is 0 Å². The van der Waals surface area contributed by atoms with E-state index in [1.165, 1.54) is 28.9 Å². The Balaban J connectivity index is 2.35. The van der Waals surface area contributed by atoms with Crippen LogP contribution < -0.4 is 5.73 Å². The number of hydrogen-bond acceptors (Lipinski definition) is 3. The summed E-state index contributed by atoms with van der Waals surface area (Å²) in [6, 6.07) is 6.14. The van der Waals surface area contributed by atoms with Crippen molar-refractivity contribution in [1.29, 1.82) is 0 Å². The van der Waals surface area contributed by atoms with Crippen molar-refractivity contribution < 1.29 is 14.0 Å². The number of benzene rings is 1. The van der Waals surface area contributed by atoms with E-state index in [1.54, 1.807) is 25.1 Å². The summed E-state index contributed by atoms with van der Waals surface area (Å²) in [6.07, 6.45) is 1.35. The molecule has 1 aromatic carbocycles. The van der Waals surface area contributed by atoms with Crippen LogP contribution in [0, 0.1) is 12.7 Å². The van der Waals surface area contributed by atoms with Gasteiger partial charge in [-0.1, -0.05) is 12.1 Å². The summed E-state index contributed by atoms with van der Waals surface area (Å²) in [6.45, 7) is 1.47.